The van der Waals surface area contributed by atoms with Crippen LogP contribution in [0.1, 0.15) is 32.1 Å². The Morgan fingerprint density at radius 1 is 1.33 bits per heavy atom. The first-order valence-corrected chi connectivity index (χ1v) is 7.78. The van der Waals surface area contributed by atoms with Gasteiger partial charge >= 0.3 is 0 Å². The van der Waals surface area contributed by atoms with Crippen molar-refractivity contribution in [2.24, 2.45) is 5.92 Å². The molecule has 2 heterocycles. The zero-order valence-corrected chi connectivity index (χ0v) is 11.6. The molecule has 3 unspecified atom stereocenters. The van der Waals surface area contributed by atoms with Gasteiger partial charge in [-0.2, -0.15) is 11.3 Å². The van der Waals surface area contributed by atoms with Crippen LogP contribution in [0.4, 0.5) is 5.69 Å². The molecule has 1 N–H and O–H groups in total. The second-order valence-corrected chi connectivity index (χ2v) is 6.15. The lowest BCUT2D eigenvalue weighted by Gasteiger charge is -2.31. The third kappa shape index (κ3) is 1.97. The molecular weight excluding hydrogens is 244 g/mol. The molecule has 1 saturated carbocycles. The monoisotopic (exact) mass is 264 g/mol. The average molecular weight is 264 g/mol. The van der Waals surface area contributed by atoms with Crippen LogP contribution in [0, 0.1) is 5.92 Å². The molecule has 1 aromatic rings. The van der Waals surface area contributed by atoms with Crippen molar-refractivity contribution in [3.8, 4) is 0 Å². The van der Waals surface area contributed by atoms with Gasteiger partial charge < -0.3 is 10.2 Å². The molecule has 3 atom stereocenters. The predicted molar refractivity (Wildman–Crippen MR) is 75.0 cm³/mol. The number of likely N-dealkylation sites (N-methyl/N-ethyl adjacent to an activating group) is 1. The lowest BCUT2D eigenvalue weighted by molar-refractivity contribution is -0.120. The predicted octanol–water partition coefficient (Wildman–Crippen LogP) is 2.63. The van der Waals surface area contributed by atoms with E-state index in [1.165, 1.54) is 25.7 Å². The van der Waals surface area contributed by atoms with Crippen LogP contribution in [0.3, 0.4) is 0 Å². The summed E-state index contributed by atoms with van der Waals surface area (Å²) in [5.74, 6) is 0.970. The van der Waals surface area contributed by atoms with Crippen molar-refractivity contribution >= 4 is 22.9 Å². The Morgan fingerprint density at radius 3 is 2.94 bits per heavy atom. The summed E-state index contributed by atoms with van der Waals surface area (Å²) in [6.07, 6.45) is 5.89. The Labute approximate surface area is 112 Å². The summed E-state index contributed by atoms with van der Waals surface area (Å²) in [6.45, 7) is 0. The van der Waals surface area contributed by atoms with Crippen LogP contribution < -0.4 is 10.2 Å². The molecular formula is C14H20N2OS. The second-order valence-electron chi connectivity index (χ2n) is 5.37. The summed E-state index contributed by atoms with van der Waals surface area (Å²) < 4.78 is 0. The minimum absolute atomic E-state index is 0.00417. The number of carbonyl (C=O) groups excluding carboxylic acids is 1. The Bertz CT molecular complexity index is 417. The summed E-state index contributed by atoms with van der Waals surface area (Å²) in [5, 5.41) is 7.35. The molecule has 2 aliphatic rings. The Kier molecular flexibility index (Phi) is 3.39. The van der Waals surface area contributed by atoms with Crippen LogP contribution in [0.2, 0.25) is 0 Å². The number of carbonyl (C=O) groups is 1. The Hall–Kier alpha value is -0.870. The highest BCUT2D eigenvalue weighted by molar-refractivity contribution is 7.08. The van der Waals surface area contributed by atoms with Crippen molar-refractivity contribution in [2.45, 2.75) is 44.2 Å². The van der Waals surface area contributed by atoms with Crippen LogP contribution in [0.5, 0.6) is 0 Å². The lowest BCUT2D eigenvalue weighted by Crippen LogP contribution is -2.48. The van der Waals surface area contributed by atoms with Crippen molar-refractivity contribution < 1.29 is 4.79 Å². The van der Waals surface area contributed by atoms with E-state index >= 15 is 0 Å². The third-order valence-electron chi connectivity index (χ3n) is 4.45. The molecule has 1 aliphatic heterocycles. The topological polar surface area (TPSA) is 32.3 Å². The summed E-state index contributed by atoms with van der Waals surface area (Å²) in [7, 11) is 1.90. The maximum atomic E-state index is 12.7. The largest absolute Gasteiger partial charge is 0.309 e. The normalized spacial score (nSPS) is 32.4. The van der Waals surface area contributed by atoms with E-state index in [-0.39, 0.29) is 11.9 Å². The van der Waals surface area contributed by atoms with Crippen molar-refractivity contribution in [3.63, 3.8) is 0 Å². The lowest BCUT2D eigenvalue weighted by atomic mass is 9.97. The molecule has 1 amide bonds. The highest BCUT2D eigenvalue weighted by atomic mass is 32.1. The fourth-order valence-electron chi connectivity index (χ4n) is 3.51. The van der Waals surface area contributed by atoms with E-state index < -0.39 is 0 Å². The van der Waals surface area contributed by atoms with Gasteiger partial charge in [0.25, 0.3) is 0 Å². The number of nitrogens with zero attached hydrogens (tertiary/aromatic N) is 1. The van der Waals surface area contributed by atoms with Gasteiger partial charge in [0, 0.05) is 11.4 Å². The van der Waals surface area contributed by atoms with E-state index in [2.05, 4.69) is 27.0 Å². The molecule has 0 radical (unpaired) electrons. The van der Waals surface area contributed by atoms with Gasteiger partial charge in [0.05, 0.1) is 11.7 Å². The van der Waals surface area contributed by atoms with Crippen LogP contribution in [0.15, 0.2) is 16.8 Å². The first-order valence-electron chi connectivity index (χ1n) is 6.84. The van der Waals surface area contributed by atoms with Crippen molar-refractivity contribution in [1.29, 1.82) is 0 Å². The standard InChI is InChI=1S/C14H20N2OS/c1-15-12-6-5-10-3-2-4-13(10)16(14(12)17)11-7-8-18-9-11/h7-10,12-13,15H,2-6H2,1H3. The highest BCUT2D eigenvalue weighted by Gasteiger charge is 2.40. The van der Waals surface area contributed by atoms with E-state index in [4.69, 9.17) is 0 Å². The number of amides is 1. The van der Waals surface area contributed by atoms with Gasteiger partial charge in [-0.15, -0.1) is 0 Å². The Morgan fingerprint density at radius 2 is 2.22 bits per heavy atom. The van der Waals surface area contributed by atoms with Gasteiger partial charge in [0.1, 0.15) is 0 Å². The zero-order valence-electron chi connectivity index (χ0n) is 10.8. The van der Waals surface area contributed by atoms with Gasteiger partial charge in [-0.25, -0.2) is 0 Å². The third-order valence-corrected chi connectivity index (χ3v) is 5.12. The second kappa shape index (κ2) is 5.02. The van der Waals surface area contributed by atoms with Crippen LogP contribution in [-0.2, 0) is 4.79 Å². The summed E-state index contributed by atoms with van der Waals surface area (Å²) in [5.41, 5.74) is 1.10. The van der Waals surface area contributed by atoms with Crippen molar-refractivity contribution in [2.75, 3.05) is 11.9 Å². The molecule has 18 heavy (non-hydrogen) atoms. The molecule has 1 aliphatic carbocycles. The van der Waals surface area contributed by atoms with Gasteiger partial charge in [0.15, 0.2) is 0 Å². The summed E-state index contributed by atoms with van der Waals surface area (Å²) in [6, 6.07) is 2.51. The zero-order chi connectivity index (χ0) is 12.5. The van der Waals surface area contributed by atoms with Crippen molar-refractivity contribution in [3.05, 3.63) is 16.8 Å². The number of thiophene rings is 1. The van der Waals surface area contributed by atoms with Crippen molar-refractivity contribution in [1.82, 2.24) is 5.32 Å². The number of hydrogen-bond donors (Lipinski definition) is 1. The maximum absolute atomic E-state index is 12.7. The number of nitrogens with one attached hydrogen (secondary N) is 1. The molecule has 3 rings (SSSR count). The number of fused-ring (bicyclic) bond motifs is 1. The SMILES string of the molecule is CNC1CCC2CCCC2N(c2ccsc2)C1=O. The number of anilines is 1. The van der Waals surface area contributed by atoms with Gasteiger partial charge in [-0.1, -0.05) is 6.42 Å². The van der Waals surface area contributed by atoms with Gasteiger partial charge in [0.2, 0.25) is 5.91 Å². The molecule has 0 spiro atoms. The van der Waals surface area contributed by atoms with E-state index in [0.29, 0.717) is 12.0 Å². The van der Waals surface area contributed by atoms with Gasteiger partial charge in [-0.3, -0.25) is 4.79 Å². The molecule has 1 saturated heterocycles. The molecule has 1 aromatic heterocycles. The smallest absolute Gasteiger partial charge is 0.244 e. The molecule has 4 heteroatoms. The Balaban J connectivity index is 1.96. The minimum Gasteiger partial charge on any atom is -0.309 e. The molecule has 0 aromatic carbocycles. The van der Waals surface area contributed by atoms with Gasteiger partial charge in [-0.05, 0) is 50.1 Å². The average Bonchev–Trinajstić information content (AvgIpc) is 3.01. The minimum atomic E-state index is -0.00417. The first kappa shape index (κ1) is 12.2. The molecule has 98 valence electrons. The molecule has 3 nitrogen and oxygen atoms in total. The number of hydrogen-bond acceptors (Lipinski definition) is 3. The summed E-state index contributed by atoms with van der Waals surface area (Å²) >= 11 is 1.67. The molecule has 2 fully saturated rings. The van der Waals surface area contributed by atoms with E-state index in [1.807, 2.05) is 7.05 Å². The van der Waals surface area contributed by atoms with E-state index in [1.54, 1.807) is 11.3 Å². The fraction of sp³-hybridized carbons (Fsp3) is 0.643. The fourth-order valence-corrected chi connectivity index (χ4v) is 4.14. The highest BCUT2D eigenvalue weighted by Crippen LogP contribution is 2.39. The maximum Gasteiger partial charge on any atom is 0.244 e. The van der Waals surface area contributed by atoms with E-state index in [9.17, 15) is 4.79 Å². The van der Waals surface area contributed by atoms with Crippen LogP contribution in [0.25, 0.3) is 0 Å². The quantitative estimate of drug-likeness (QED) is 0.890. The number of rotatable bonds is 2. The van der Waals surface area contributed by atoms with E-state index in [0.717, 1.165) is 12.1 Å². The molecule has 0 bridgehead atoms. The van der Waals surface area contributed by atoms with Crippen LogP contribution >= 0.6 is 11.3 Å². The first-order chi connectivity index (χ1) is 8.81. The van der Waals surface area contributed by atoms with Crippen LogP contribution in [-0.4, -0.2) is 25.0 Å². The summed E-state index contributed by atoms with van der Waals surface area (Å²) in [4.78, 5) is 14.8.